The van der Waals surface area contributed by atoms with Crippen molar-refractivity contribution in [2.75, 3.05) is 25.1 Å². The van der Waals surface area contributed by atoms with Crippen molar-refractivity contribution in [1.29, 1.82) is 5.26 Å². The second-order valence-electron chi connectivity index (χ2n) is 10.2. The van der Waals surface area contributed by atoms with Gasteiger partial charge in [-0.15, -0.1) is 0 Å². The predicted octanol–water partition coefficient (Wildman–Crippen LogP) is 4.45. The first kappa shape index (κ1) is 27.5. The molecule has 202 valence electrons. The number of carbonyl (C=O) groups excluding carboxylic acids is 1. The number of fused-ring (bicyclic) bond motifs is 1. The molecule has 8 nitrogen and oxygen atoms in total. The zero-order valence-corrected chi connectivity index (χ0v) is 22.0. The zero-order valence-electron chi connectivity index (χ0n) is 22.0. The quantitative estimate of drug-likeness (QED) is 0.491. The molecule has 5 rings (SSSR count). The summed E-state index contributed by atoms with van der Waals surface area (Å²) < 4.78 is 33.2. The number of carbonyl (C=O) groups is 1. The number of methoxy groups -OCH3 is 1. The Morgan fingerprint density at radius 1 is 1.29 bits per heavy atom. The number of halogens is 2. The lowest BCUT2D eigenvalue weighted by Gasteiger charge is -2.33. The molecule has 3 aromatic rings. The SMILES string of the molecule is COC1CCN(c2ccc3c(cnn3CC(C)NC(=O)C(C)(F)F)c2)CC1.N#CC1(c2ccccn2)CC1. The average Bonchev–Trinajstić information content (AvgIpc) is 3.64. The lowest BCUT2D eigenvalue weighted by atomic mass is 10.0. The Balaban J connectivity index is 0.000000253. The van der Waals surface area contributed by atoms with Gasteiger partial charge in [0.05, 0.1) is 41.5 Å². The number of benzene rings is 1. The Morgan fingerprint density at radius 2 is 2.03 bits per heavy atom. The zero-order chi connectivity index (χ0) is 27.3. The standard InChI is InChI=1S/C19H26F2N4O2.C9H8N2/c1-13(23-18(26)19(2,20)21)12-25-17-5-4-15(10-14(17)11-22-25)24-8-6-16(27-3)7-9-24;10-7-9(4-5-9)8-3-1-2-6-11-8/h4-5,10-11,13,16H,6-9,12H2,1-3H3,(H,23,26);1-3,6H,4-5H2. The molecule has 1 N–H and O–H groups in total. The van der Waals surface area contributed by atoms with Gasteiger partial charge >= 0.3 is 5.92 Å². The number of nitrogens with zero attached hydrogens (tertiary/aromatic N) is 5. The summed E-state index contributed by atoms with van der Waals surface area (Å²) in [6.45, 7) is 4.50. The topological polar surface area (TPSA) is 96.1 Å². The molecule has 0 radical (unpaired) electrons. The molecule has 3 heterocycles. The minimum absolute atomic E-state index is 0.221. The van der Waals surface area contributed by atoms with Crippen molar-refractivity contribution < 1.29 is 18.3 Å². The van der Waals surface area contributed by atoms with E-state index in [0.29, 0.717) is 19.6 Å². The van der Waals surface area contributed by atoms with Crippen LogP contribution < -0.4 is 10.2 Å². The number of hydrogen-bond donors (Lipinski definition) is 1. The van der Waals surface area contributed by atoms with Crippen LogP contribution in [0.4, 0.5) is 14.5 Å². The maximum absolute atomic E-state index is 13.0. The number of anilines is 1. The number of piperidine rings is 1. The highest BCUT2D eigenvalue weighted by Gasteiger charge is 2.46. The minimum atomic E-state index is -3.38. The van der Waals surface area contributed by atoms with Gasteiger partial charge < -0.3 is 15.0 Å². The van der Waals surface area contributed by atoms with Crippen molar-refractivity contribution in [3.05, 3.63) is 54.5 Å². The van der Waals surface area contributed by atoms with E-state index in [1.54, 1.807) is 31.1 Å². The number of nitrogens with one attached hydrogen (secondary N) is 1. The van der Waals surface area contributed by atoms with Crippen LogP contribution in [0.15, 0.2) is 48.8 Å². The summed E-state index contributed by atoms with van der Waals surface area (Å²) in [6, 6.07) is 13.7. The number of hydrogen-bond acceptors (Lipinski definition) is 6. The van der Waals surface area contributed by atoms with Crippen molar-refractivity contribution in [2.24, 2.45) is 0 Å². The third-order valence-corrected chi connectivity index (χ3v) is 7.11. The maximum Gasteiger partial charge on any atom is 0.321 e. The monoisotopic (exact) mass is 524 g/mol. The third kappa shape index (κ3) is 6.45. The van der Waals surface area contributed by atoms with E-state index in [1.807, 2.05) is 24.3 Å². The summed E-state index contributed by atoms with van der Waals surface area (Å²) in [4.78, 5) is 17.9. The van der Waals surface area contributed by atoms with Crippen LogP contribution in [0.3, 0.4) is 0 Å². The van der Waals surface area contributed by atoms with Gasteiger partial charge in [-0.3, -0.25) is 14.5 Å². The van der Waals surface area contributed by atoms with E-state index in [4.69, 9.17) is 10.00 Å². The van der Waals surface area contributed by atoms with Crippen LogP contribution in [0, 0.1) is 11.3 Å². The fraction of sp³-hybridized carbons (Fsp3) is 0.500. The van der Waals surface area contributed by atoms with Crippen LogP contribution >= 0.6 is 0 Å². The van der Waals surface area contributed by atoms with E-state index in [9.17, 15) is 13.6 Å². The van der Waals surface area contributed by atoms with Crippen LogP contribution in [0.25, 0.3) is 10.9 Å². The fourth-order valence-corrected chi connectivity index (χ4v) is 4.62. The summed E-state index contributed by atoms with van der Waals surface area (Å²) in [7, 11) is 1.76. The molecule has 1 aliphatic heterocycles. The van der Waals surface area contributed by atoms with E-state index in [0.717, 1.165) is 61.1 Å². The molecule has 1 unspecified atom stereocenters. The van der Waals surface area contributed by atoms with Gasteiger partial charge in [0, 0.05) is 50.4 Å². The second-order valence-corrected chi connectivity index (χ2v) is 10.2. The first-order chi connectivity index (χ1) is 18.1. The van der Waals surface area contributed by atoms with Crippen LogP contribution in [0.1, 0.15) is 45.2 Å². The van der Waals surface area contributed by atoms with Crippen molar-refractivity contribution in [3.8, 4) is 6.07 Å². The highest BCUT2D eigenvalue weighted by Crippen LogP contribution is 2.46. The van der Waals surface area contributed by atoms with Crippen LogP contribution in [0.5, 0.6) is 0 Å². The van der Waals surface area contributed by atoms with E-state index in [2.05, 4.69) is 38.5 Å². The molecular weight excluding hydrogens is 490 g/mol. The molecule has 10 heteroatoms. The van der Waals surface area contributed by atoms with E-state index in [-0.39, 0.29) is 5.41 Å². The smallest absolute Gasteiger partial charge is 0.321 e. The van der Waals surface area contributed by atoms with Gasteiger partial charge in [-0.25, -0.2) is 0 Å². The van der Waals surface area contributed by atoms with Crippen LogP contribution in [-0.2, 0) is 21.5 Å². The molecular formula is C28H34F2N6O2. The van der Waals surface area contributed by atoms with E-state index in [1.165, 1.54) is 0 Å². The van der Waals surface area contributed by atoms with Gasteiger partial charge in [-0.1, -0.05) is 6.07 Å². The van der Waals surface area contributed by atoms with E-state index >= 15 is 0 Å². The number of ether oxygens (including phenoxy) is 1. The largest absolute Gasteiger partial charge is 0.381 e. The Hall–Kier alpha value is -3.58. The molecule has 1 atom stereocenters. The lowest BCUT2D eigenvalue weighted by molar-refractivity contribution is -0.143. The van der Waals surface area contributed by atoms with Crippen LogP contribution in [0.2, 0.25) is 0 Å². The average molecular weight is 525 g/mol. The molecule has 2 aromatic heterocycles. The molecule has 0 bridgehead atoms. The number of nitriles is 1. The molecule has 1 saturated carbocycles. The van der Waals surface area contributed by atoms with Crippen LogP contribution in [-0.4, -0.2) is 58.9 Å². The molecule has 2 fully saturated rings. The normalized spacial score (nSPS) is 17.7. The third-order valence-electron chi connectivity index (χ3n) is 7.11. The predicted molar refractivity (Wildman–Crippen MR) is 141 cm³/mol. The van der Waals surface area contributed by atoms with Crippen molar-refractivity contribution in [3.63, 3.8) is 0 Å². The number of pyridine rings is 1. The van der Waals surface area contributed by atoms with Crippen molar-refractivity contribution >= 4 is 22.5 Å². The van der Waals surface area contributed by atoms with E-state index < -0.39 is 17.9 Å². The highest BCUT2D eigenvalue weighted by atomic mass is 19.3. The summed E-state index contributed by atoms with van der Waals surface area (Å²) in [6.07, 6.45) is 7.80. The molecule has 1 saturated heterocycles. The minimum Gasteiger partial charge on any atom is -0.381 e. The van der Waals surface area contributed by atoms with Crippen molar-refractivity contribution in [2.45, 2.75) is 69.6 Å². The Kier molecular flexibility index (Phi) is 8.26. The lowest BCUT2D eigenvalue weighted by Crippen LogP contribution is -2.44. The molecule has 2 aliphatic rings. The van der Waals surface area contributed by atoms with Crippen molar-refractivity contribution in [1.82, 2.24) is 20.1 Å². The second kappa shape index (κ2) is 11.4. The molecule has 1 aliphatic carbocycles. The van der Waals surface area contributed by atoms with Gasteiger partial charge in [0.2, 0.25) is 0 Å². The number of alkyl halides is 2. The first-order valence-electron chi connectivity index (χ1n) is 12.9. The molecule has 1 amide bonds. The number of rotatable bonds is 7. The Bertz CT molecular complexity index is 1270. The van der Waals surface area contributed by atoms with Gasteiger partial charge in [-0.05, 0) is 62.9 Å². The van der Waals surface area contributed by atoms with Gasteiger partial charge in [-0.2, -0.15) is 19.1 Å². The summed E-state index contributed by atoms with van der Waals surface area (Å²) >= 11 is 0. The summed E-state index contributed by atoms with van der Waals surface area (Å²) in [5, 5.41) is 16.5. The Labute approximate surface area is 221 Å². The summed E-state index contributed by atoms with van der Waals surface area (Å²) in [5.41, 5.74) is 2.77. The first-order valence-corrected chi connectivity index (χ1v) is 12.9. The highest BCUT2D eigenvalue weighted by molar-refractivity contribution is 5.84. The molecule has 0 spiro atoms. The van der Waals surface area contributed by atoms with Gasteiger partial charge in [0.1, 0.15) is 0 Å². The van der Waals surface area contributed by atoms with Gasteiger partial charge in [0.25, 0.3) is 5.91 Å². The Morgan fingerprint density at radius 3 is 2.61 bits per heavy atom. The molecule has 38 heavy (non-hydrogen) atoms. The number of aromatic nitrogens is 3. The van der Waals surface area contributed by atoms with Gasteiger partial charge in [0.15, 0.2) is 0 Å². The number of amides is 1. The maximum atomic E-state index is 13.0. The summed E-state index contributed by atoms with van der Waals surface area (Å²) in [5.74, 6) is -4.65. The molecule has 1 aromatic carbocycles. The fourth-order valence-electron chi connectivity index (χ4n) is 4.62.